The SMILES string of the molecule is COc1ccc([N+](=O)[O-])cc1NC(=O)c1cccc(CN2CCOCC2)c1. The predicted molar refractivity (Wildman–Crippen MR) is 100 cm³/mol. The summed E-state index contributed by atoms with van der Waals surface area (Å²) in [5, 5.41) is 13.7. The van der Waals surface area contributed by atoms with Gasteiger partial charge >= 0.3 is 0 Å². The molecule has 3 rings (SSSR count). The van der Waals surface area contributed by atoms with E-state index in [2.05, 4.69) is 10.2 Å². The van der Waals surface area contributed by atoms with Gasteiger partial charge in [0.25, 0.3) is 11.6 Å². The molecule has 0 aromatic heterocycles. The first-order chi connectivity index (χ1) is 13.1. The summed E-state index contributed by atoms with van der Waals surface area (Å²) in [5.41, 5.74) is 1.65. The van der Waals surface area contributed by atoms with E-state index in [9.17, 15) is 14.9 Å². The largest absolute Gasteiger partial charge is 0.495 e. The average Bonchev–Trinajstić information content (AvgIpc) is 2.69. The highest BCUT2D eigenvalue weighted by Gasteiger charge is 2.16. The fourth-order valence-electron chi connectivity index (χ4n) is 2.93. The van der Waals surface area contributed by atoms with Crippen molar-refractivity contribution in [3.63, 3.8) is 0 Å². The lowest BCUT2D eigenvalue weighted by molar-refractivity contribution is -0.384. The van der Waals surface area contributed by atoms with Gasteiger partial charge in [-0.25, -0.2) is 0 Å². The lowest BCUT2D eigenvalue weighted by atomic mass is 10.1. The first kappa shape index (κ1) is 18.8. The van der Waals surface area contributed by atoms with Crippen LogP contribution in [0.1, 0.15) is 15.9 Å². The molecular formula is C19H21N3O5. The molecule has 0 spiro atoms. The minimum absolute atomic E-state index is 0.118. The van der Waals surface area contributed by atoms with Crippen molar-refractivity contribution < 1.29 is 19.2 Å². The molecule has 0 saturated carbocycles. The van der Waals surface area contributed by atoms with Gasteiger partial charge in [0.1, 0.15) is 5.75 Å². The van der Waals surface area contributed by atoms with Crippen molar-refractivity contribution in [3.05, 3.63) is 63.7 Å². The third kappa shape index (κ3) is 4.81. The van der Waals surface area contributed by atoms with E-state index in [4.69, 9.17) is 9.47 Å². The van der Waals surface area contributed by atoms with E-state index >= 15 is 0 Å². The van der Waals surface area contributed by atoms with Crippen LogP contribution in [-0.4, -0.2) is 49.1 Å². The molecule has 142 valence electrons. The second-order valence-electron chi connectivity index (χ2n) is 6.18. The minimum atomic E-state index is -0.516. The zero-order valence-corrected chi connectivity index (χ0v) is 15.0. The Kier molecular flexibility index (Phi) is 6.00. The van der Waals surface area contributed by atoms with Crippen molar-refractivity contribution in [1.82, 2.24) is 4.90 Å². The number of ether oxygens (including phenoxy) is 2. The van der Waals surface area contributed by atoms with Crippen LogP contribution in [0.5, 0.6) is 5.75 Å². The van der Waals surface area contributed by atoms with E-state index in [1.807, 2.05) is 18.2 Å². The third-order valence-electron chi connectivity index (χ3n) is 4.34. The molecule has 2 aromatic rings. The van der Waals surface area contributed by atoms with E-state index < -0.39 is 4.92 Å². The molecule has 0 unspecified atom stereocenters. The van der Waals surface area contributed by atoms with Crippen LogP contribution in [0, 0.1) is 10.1 Å². The van der Waals surface area contributed by atoms with Crippen LogP contribution in [0.4, 0.5) is 11.4 Å². The Bertz CT molecular complexity index is 834. The molecule has 0 atom stereocenters. The number of hydrogen-bond donors (Lipinski definition) is 1. The number of methoxy groups -OCH3 is 1. The molecule has 8 nitrogen and oxygen atoms in total. The Morgan fingerprint density at radius 2 is 2.04 bits per heavy atom. The molecule has 1 fully saturated rings. The molecule has 1 aliphatic rings. The second-order valence-corrected chi connectivity index (χ2v) is 6.18. The van der Waals surface area contributed by atoms with Crippen LogP contribution < -0.4 is 10.1 Å². The van der Waals surface area contributed by atoms with Gasteiger partial charge in [0, 0.05) is 37.3 Å². The number of morpholine rings is 1. The highest BCUT2D eigenvalue weighted by Crippen LogP contribution is 2.29. The van der Waals surface area contributed by atoms with E-state index in [-0.39, 0.29) is 17.3 Å². The van der Waals surface area contributed by atoms with Crippen LogP contribution in [0.15, 0.2) is 42.5 Å². The normalized spacial score (nSPS) is 14.6. The average molecular weight is 371 g/mol. The smallest absolute Gasteiger partial charge is 0.271 e. The molecule has 0 aliphatic carbocycles. The lowest BCUT2D eigenvalue weighted by Crippen LogP contribution is -2.35. The molecule has 0 bridgehead atoms. The van der Waals surface area contributed by atoms with Crippen molar-refractivity contribution in [3.8, 4) is 5.75 Å². The Morgan fingerprint density at radius 1 is 1.26 bits per heavy atom. The summed E-state index contributed by atoms with van der Waals surface area (Å²) < 4.78 is 10.5. The van der Waals surface area contributed by atoms with Crippen molar-refractivity contribution in [1.29, 1.82) is 0 Å². The third-order valence-corrected chi connectivity index (χ3v) is 4.34. The topological polar surface area (TPSA) is 93.9 Å². The molecule has 0 radical (unpaired) electrons. The number of carbonyl (C=O) groups is 1. The van der Waals surface area contributed by atoms with E-state index in [0.29, 0.717) is 24.5 Å². The van der Waals surface area contributed by atoms with Gasteiger partial charge in [0.05, 0.1) is 30.9 Å². The monoisotopic (exact) mass is 371 g/mol. The first-order valence-electron chi connectivity index (χ1n) is 8.59. The summed E-state index contributed by atoms with van der Waals surface area (Å²) in [4.78, 5) is 25.4. The summed E-state index contributed by atoms with van der Waals surface area (Å²) in [6.45, 7) is 3.90. The van der Waals surface area contributed by atoms with Gasteiger partial charge in [-0.05, 0) is 23.8 Å². The van der Waals surface area contributed by atoms with Gasteiger partial charge in [0.15, 0.2) is 0 Å². The quantitative estimate of drug-likeness (QED) is 0.620. The maximum atomic E-state index is 12.6. The van der Waals surface area contributed by atoms with Gasteiger partial charge < -0.3 is 14.8 Å². The number of nitro groups is 1. The van der Waals surface area contributed by atoms with Gasteiger partial charge in [-0.2, -0.15) is 0 Å². The summed E-state index contributed by atoms with van der Waals surface area (Å²) in [6, 6.07) is 11.4. The molecule has 2 aromatic carbocycles. The van der Waals surface area contributed by atoms with Crippen LogP contribution in [0.25, 0.3) is 0 Å². The summed E-state index contributed by atoms with van der Waals surface area (Å²) in [5.74, 6) is 0.0102. The number of rotatable bonds is 6. The molecule has 27 heavy (non-hydrogen) atoms. The van der Waals surface area contributed by atoms with E-state index in [1.165, 1.54) is 25.3 Å². The first-order valence-corrected chi connectivity index (χ1v) is 8.59. The number of amides is 1. The van der Waals surface area contributed by atoms with Gasteiger partial charge in [-0.15, -0.1) is 0 Å². The fourth-order valence-corrected chi connectivity index (χ4v) is 2.93. The van der Waals surface area contributed by atoms with E-state index in [0.717, 1.165) is 25.2 Å². The number of nitrogens with zero attached hydrogens (tertiary/aromatic N) is 2. The Labute approximate surface area is 156 Å². The Balaban J connectivity index is 1.75. The Morgan fingerprint density at radius 3 is 2.74 bits per heavy atom. The standard InChI is InChI=1S/C19H21N3O5/c1-26-18-6-5-16(22(24)25)12-17(18)20-19(23)15-4-2-3-14(11-15)13-21-7-9-27-10-8-21/h2-6,11-12H,7-10,13H2,1H3,(H,20,23). The zero-order chi connectivity index (χ0) is 19.2. The van der Waals surface area contributed by atoms with Crippen LogP contribution in [0.2, 0.25) is 0 Å². The number of nitrogens with one attached hydrogen (secondary N) is 1. The van der Waals surface area contributed by atoms with Crippen LogP contribution >= 0.6 is 0 Å². The number of anilines is 1. The number of nitro benzene ring substituents is 1. The van der Waals surface area contributed by atoms with Gasteiger partial charge in [-0.1, -0.05) is 12.1 Å². The van der Waals surface area contributed by atoms with Gasteiger partial charge in [-0.3, -0.25) is 19.8 Å². The number of carbonyl (C=O) groups excluding carboxylic acids is 1. The highest BCUT2D eigenvalue weighted by molar-refractivity contribution is 6.05. The maximum absolute atomic E-state index is 12.6. The molecule has 1 aliphatic heterocycles. The second kappa shape index (κ2) is 8.61. The molecule has 1 saturated heterocycles. The van der Waals surface area contributed by atoms with Gasteiger partial charge in [0.2, 0.25) is 0 Å². The summed E-state index contributed by atoms with van der Waals surface area (Å²) in [7, 11) is 1.44. The lowest BCUT2D eigenvalue weighted by Gasteiger charge is -2.26. The van der Waals surface area contributed by atoms with Crippen molar-refractivity contribution in [2.24, 2.45) is 0 Å². The maximum Gasteiger partial charge on any atom is 0.271 e. The molecule has 1 N–H and O–H groups in total. The molecule has 1 heterocycles. The van der Waals surface area contributed by atoms with Crippen LogP contribution in [-0.2, 0) is 11.3 Å². The van der Waals surface area contributed by atoms with Crippen molar-refractivity contribution >= 4 is 17.3 Å². The molecule has 8 heteroatoms. The predicted octanol–water partition coefficient (Wildman–Crippen LogP) is 2.69. The van der Waals surface area contributed by atoms with E-state index in [1.54, 1.807) is 6.07 Å². The number of hydrogen-bond acceptors (Lipinski definition) is 6. The van der Waals surface area contributed by atoms with Crippen LogP contribution in [0.3, 0.4) is 0 Å². The van der Waals surface area contributed by atoms with Crippen molar-refractivity contribution in [2.45, 2.75) is 6.54 Å². The molecular weight excluding hydrogens is 350 g/mol. The number of benzene rings is 2. The minimum Gasteiger partial charge on any atom is -0.495 e. The number of non-ortho nitro benzene ring substituents is 1. The Hall–Kier alpha value is -2.97. The van der Waals surface area contributed by atoms with Crippen molar-refractivity contribution in [2.75, 3.05) is 38.7 Å². The highest BCUT2D eigenvalue weighted by atomic mass is 16.6. The zero-order valence-electron chi connectivity index (χ0n) is 15.0. The summed E-state index contributed by atoms with van der Waals surface area (Å²) in [6.07, 6.45) is 0. The fraction of sp³-hybridized carbons (Fsp3) is 0.316. The summed E-state index contributed by atoms with van der Waals surface area (Å²) >= 11 is 0. The molecule has 1 amide bonds.